The van der Waals surface area contributed by atoms with Crippen LogP contribution in [0.2, 0.25) is 0 Å². The van der Waals surface area contributed by atoms with Crippen molar-refractivity contribution >= 4 is 11.8 Å². The topological polar surface area (TPSA) is 96.1 Å². The van der Waals surface area contributed by atoms with Crippen LogP contribution in [0.3, 0.4) is 0 Å². The van der Waals surface area contributed by atoms with Crippen LogP contribution in [-0.2, 0) is 0 Å². The van der Waals surface area contributed by atoms with Crippen LogP contribution in [0.1, 0.15) is 26.7 Å². The number of nitrogen functional groups attached to an aromatic ring is 1. The Labute approximate surface area is 95.3 Å². The molecule has 6 heteroatoms. The molecule has 0 saturated heterocycles. The summed E-state index contributed by atoms with van der Waals surface area (Å²) in [6, 6.07) is 1.73. The third-order valence-electron chi connectivity index (χ3n) is 2.22. The first kappa shape index (κ1) is 12.7. The predicted molar refractivity (Wildman–Crippen MR) is 63.9 cm³/mol. The highest BCUT2D eigenvalue weighted by Gasteiger charge is 2.18. The van der Waals surface area contributed by atoms with Crippen LogP contribution < -0.4 is 16.6 Å². The average molecular weight is 225 g/mol. The summed E-state index contributed by atoms with van der Waals surface area (Å²) < 4.78 is 0. The second-order valence-corrected chi connectivity index (χ2v) is 4.01. The number of hydrogen-bond acceptors (Lipinski definition) is 6. The van der Waals surface area contributed by atoms with E-state index in [9.17, 15) is 5.11 Å². The minimum Gasteiger partial charge on any atom is -0.388 e. The molecule has 16 heavy (non-hydrogen) atoms. The molecule has 0 amide bonds. The SMILES string of the molecule is CCCC(C)(O)CNc1ccnc(NN)n1. The highest BCUT2D eigenvalue weighted by atomic mass is 16.3. The second-order valence-electron chi connectivity index (χ2n) is 4.01. The fourth-order valence-electron chi connectivity index (χ4n) is 1.43. The van der Waals surface area contributed by atoms with Gasteiger partial charge in [-0.25, -0.2) is 10.8 Å². The van der Waals surface area contributed by atoms with Crippen molar-refractivity contribution in [1.29, 1.82) is 0 Å². The van der Waals surface area contributed by atoms with Gasteiger partial charge in [0.05, 0.1) is 5.60 Å². The van der Waals surface area contributed by atoms with Gasteiger partial charge in [0.25, 0.3) is 0 Å². The van der Waals surface area contributed by atoms with Crippen molar-refractivity contribution in [1.82, 2.24) is 9.97 Å². The van der Waals surface area contributed by atoms with Crippen molar-refractivity contribution in [2.45, 2.75) is 32.3 Å². The summed E-state index contributed by atoms with van der Waals surface area (Å²) in [5.41, 5.74) is 1.64. The predicted octanol–water partition coefficient (Wildman–Crippen LogP) is 0.725. The Balaban J connectivity index is 2.53. The first-order chi connectivity index (χ1) is 7.57. The zero-order valence-electron chi connectivity index (χ0n) is 9.70. The molecule has 0 aliphatic carbocycles. The van der Waals surface area contributed by atoms with Gasteiger partial charge < -0.3 is 10.4 Å². The Morgan fingerprint density at radius 3 is 2.94 bits per heavy atom. The molecule has 0 aliphatic heterocycles. The van der Waals surface area contributed by atoms with Gasteiger partial charge in [0, 0.05) is 12.7 Å². The van der Waals surface area contributed by atoms with E-state index in [0.29, 0.717) is 18.3 Å². The minimum absolute atomic E-state index is 0.347. The Bertz CT molecular complexity index is 329. The first-order valence-electron chi connectivity index (χ1n) is 5.33. The first-order valence-corrected chi connectivity index (χ1v) is 5.33. The molecular weight excluding hydrogens is 206 g/mol. The average Bonchev–Trinajstić information content (AvgIpc) is 2.27. The number of hydrazine groups is 1. The summed E-state index contributed by atoms with van der Waals surface area (Å²) in [4.78, 5) is 7.97. The lowest BCUT2D eigenvalue weighted by atomic mass is 10.0. The molecule has 0 spiro atoms. The molecule has 0 fully saturated rings. The lowest BCUT2D eigenvalue weighted by Crippen LogP contribution is -2.33. The summed E-state index contributed by atoms with van der Waals surface area (Å²) in [6.45, 7) is 4.28. The molecule has 90 valence electrons. The third kappa shape index (κ3) is 4.00. The summed E-state index contributed by atoms with van der Waals surface area (Å²) in [7, 11) is 0. The lowest BCUT2D eigenvalue weighted by molar-refractivity contribution is 0.0636. The van der Waals surface area contributed by atoms with E-state index < -0.39 is 5.60 Å². The molecule has 0 saturated carbocycles. The number of anilines is 2. The van der Waals surface area contributed by atoms with Crippen molar-refractivity contribution in [3.63, 3.8) is 0 Å². The fourth-order valence-corrected chi connectivity index (χ4v) is 1.43. The largest absolute Gasteiger partial charge is 0.388 e. The zero-order chi connectivity index (χ0) is 12.0. The lowest BCUT2D eigenvalue weighted by Gasteiger charge is -2.23. The summed E-state index contributed by atoms with van der Waals surface area (Å²) >= 11 is 0. The van der Waals surface area contributed by atoms with Crippen molar-refractivity contribution in [2.75, 3.05) is 17.3 Å². The molecule has 1 heterocycles. The molecular formula is C10H19N5O. The van der Waals surface area contributed by atoms with Crippen LogP contribution in [0.4, 0.5) is 11.8 Å². The van der Waals surface area contributed by atoms with Crippen molar-refractivity contribution in [3.8, 4) is 0 Å². The zero-order valence-corrected chi connectivity index (χ0v) is 9.70. The standard InChI is InChI=1S/C10H19N5O/c1-3-5-10(2,16)7-13-8-4-6-12-9(14-8)15-11/h4,6,16H,3,5,7,11H2,1-2H3,(H2,12,13,14,15). The molecule has 0 radical (unpaired) electrons. The van der Waals surface area contributed by atoms with Crippen LogP contribution in [0.25, 0.3) is 0 Å². The van der Waals surface area contributed by atoms with Crippen LogP contribution >= 0.6 is 0 Å². The van der Waals surface area contributed by atoms with Crippen molar-refractivity contribution < 1.29 is 5.11 Å². The van der Waals surface area contributed by atoms with Crippen LogP contribution in [0.5, 0.6) is 0 Å². The van der Waals surface area contributed by atoms with E-state index in [2.05, 4.69) is 20.7 Å². The molecule has 1 aromatic rings. The number of nitrogens with two attached hydrogens (primary N) is 1. The molecule has 1 rings (SSSR count). The number of nitrogens with zero attached hydrogens (tertiary/aromatic N) is 2. The Morgan fingerprint density at radius 1 is 1.56 bits per heavy atom. The normalized spacial score (nSPS) is 14.2. The van der Waals surface area contributed by atoms with E-state index in [1.165, 1.54) is 0 Å². The fraction of sp³-hybridized carbons (Fsp3) is 0.600. The van der Waals surface area contributed by atoms with Gasteiger partial charge in [0.15, 0.2) is 0 Å². The Kier molecular flexibility index (Phi) is 4.45. The van der Waals surface area contributed by atoms with Gasteiger partial charge in [0.2, 0.25) is 5.95 Å². The maximum Gasteiger partial charge on any atom is 0.239 e. The van der Waals surface area contributed by atoms with Gasteiger partial charge in [-0.2, -0.15) is 4.98 Å². The van der Waals surface area contributed by atoms with Gasteiger partial charge >= 0.3 is 0 Å². The Morgan fingerprint density at radius 2 is 2.31 bits per heavy atom. The van der Waals surface area contributed by atoms with E-state index in [1.54, 1.807) is 19.2 Å². The van der Waals surface area contributed by atoms with Crippen LogP contribution in [-0.4, -0.2) is 27.2 Å². The van der Waals surface area contributed by atoms with E-state index >= 15 is 0 Å². The molecule has 0 aliphatic rings. The maximum atomic E-state index is 9.96. The minimum atomic E-state index is -0.726. The van der Waals surface area contributed by atoms with E-state index in [1.807, 2.05) is 6.92 Å². The molecule has 1 atom stereocenters. The molecule has 1 aromatic heterocycles. The summed E-state index contributed by atoms with van der Waals surface area (Å²) in [6.07, 6.45) is 3.28. The molecule has 0 aromatic carbocycles. The number of aliphatic hydroxyl groups is 1. The van der Waals surface area contributed by atoms with Crippen molar-refractivity contribution in [3.05, 3.63) is 12.3 Å². The quantitative estimate of drug-likeness (QED) is 0.421. The van der Waals surface area contributed by atoms with Gasteiger partial charge in [-0.1, -0.05) is 13.3 Å². The van der Waals surface area contributed by atoms with Crippen LogP contribution in [0.15, 0.2) is 12.3 Å². The number of rotatable bonds is 6. The summed E-state index contributed by atoms with van der Waals surface area (Å²) in [5, 5.41) is 13.0. The number of nitrogens with one attached hydrogen (secondary N) is 2. The molecule has 1 unspecified atom stereocenters. The van der Waals surface area contributed by atoms with E-state index in [-0.39, 0.29) is 0 Å². The third-order valence-corrected chi connectivity index (χ3v) is 2.22. The smallest absolute Gasteiger partial charge is 0.239 e. The highest BCUT2D eigenvalue weighted by Crippen LogP contribution is 2.13. The number of aromatic nitrogens is 2. The van der Waals surface area contributed by atoms with Gasteiger partial charge in [0.1, 0.15) is 5.82 Å². The van der Waals surface area contributed by atoms with Crippen LogP contribution in [0, 0.1) is 0 Å². The highest BCUT2D eigenvalue weighted by molar-refractivity contribution is 5.39. The molecule has 0 bridgehead atoms. The monoisotopic (exact) mass is 225 g/mol. The van der Waals surface area contributed by atoms with E-state index in [4.69, 9.17) is 5.84 Å². The number of hydrogen-bond donors (Lipinski definition) is 4. The van der Waals surface area contributed by atoms with E-state index in [0.717, 1.165) is 12.8 Å². The Hall–Kier alpha value is -1.40. The maximum absolute atomic E-state index is 9.96. The molecule has 6 nitrogen and oxygen atoms in total. The summed E-state index contributed by atoms with van der Waals surface area (Å²) in [5.74, 6) is 6.18. The van der Waals surface area contributed by atoms with Crippen molar-refractivity contribution in [2.24, 2.45) is 5.84 Å². The van der Waals surface area contributed by atoms with Gasteiger partial charge in [-0.15, -0.1) is 0 Å². The second kappa shape index (κ2) is 5.62. The van der Waals surface area contributed by atoms with Gasteiger partial charge in [-0.05, 0) is 19.4 Å². The van der Waals surface area contributed by atoms with Gasteiger partial charge in [-0.3, -0.25) is 5.43 Å². The molecule has 5 N–H and O–H groups in total.